The summed E-state index contributed by atoms with van der Waals surface area (Å²) in [5.41, 5.74) is 0.874. The van der Waals surface area contributed by atoms with Crippen LogP contribution in [0.1, 0.15) is 28.7 Å². The second kappa shape index (κ2) is 10.3. The summed E-state index contributed by atoms with van der Waals surface area (Å²) in [5.74, 6) is -6.31. The molecule has 0 bridgehead atoms. The molecule has 14 heteroatoms. The van der Waals surface area contributed by atoms with Crippen LogP contribution in [0.3, 0.4) is 0 Å². The molecule has 0 aliphatic carbocycles. The third-order valence-corrected chi connectivity index (χ3v) is 6.28. The summed E-state index contributed by atoms with van der Waals surface area (Å²) in [7, 11) is 0. The van der Waals surface area contributed by atoms with Crippen molar-refractivity contribution in [3.8, 4) is 22.8 Å². The summed E-state index contributed by atoms with van der Waals surface area (Å²) < 4.78 is 48.6. The van der Waals surface area contributed by atoms with E-state index in [1.54, 1.807) is 12.1 Å². The van der Waals surface area contributed by atoms with Crippen LogP contribution in [0.5, 0.6) is 0 Å². The molecule has 1 aromatic carbocycles. The van der Waals surface area contributed by atoms with Gasteiger partial charge in [0, 0.05) is 18.5 Å². The lowest BCUT2D eigenvalue weighted by molar-refractivity contribution is -0.138. The Morgan fingerprint density at radius 3 is 2.79 bits per heavy atom. The lowest BCUT2D eigenvalue weighted by Crippen LogP contribution is -2.48. The molecule has 0 spiro atoms. The maximum absolute atomic E-state index is 14.9. The second-order valence-corrected chi connectivity index (χ2v) is 9.19. The quantitative estimate of drug-likeness (QED) is 0.329. The summed E-state index contributed by atoms with van der Waals surface area (Å²) in [6, 6.07) is 8.48. The number of aromatic amines is 1. The van der Waals surface area contributed by atoms with Gasteiger partial charge in [-0.15, -0.1) is 0 Å². The third kappa shape index (κ3) is 5.53. The molecule has 2 amide bonds. The molecule has 1 fully saturated rings. The summed E-state index contributed by atoms with van der Waals surface area (Å²) in [6.07, 6.45) is 1.77. The highest BCUT2D eigenvalue weighted by Crippen LogP contribution is 2.36. The van der Waals surface area contributed by atoms with Crippen molar-refractivity contribution in [2.45, 2.75) is 18.3 Å². The lowest BCUT2D eigenvalue weighted by atomic mass is 9.95. The van der Waals surface area contributed by atoms with Crippen LogP contribution in [0.25, 0.3) is 22.8 Å². The monoisotopic (exact) mass is 557 g/mol. The minimum atomic E-state index is -3.15. The first kappa shape index (κ1) is 26.1. The number of rotatable bonds is 6. The van der Waals surface area contributed by atoms with Gasteiger partial charge < -0.3 is 14.7 Å². The van der Waals surface area contributed by atoms with Crippen molar-refractivity contribution < 1.29 is 27.3 Å². The largest absolute Gasteiger partial charge is 0.339 e. The molecular weight excluding hydrogens is 539 g/mol. The van der Waals surface area contributed by atoms with Crippen molar-refractivity contribution >= 4 is 29.1 Å². The topological polar surface area (TPSA) is 130 Å². The van der Waals surface area contributed by atoms with Crippen molar-refractivity contribution in [2.75, 3.05) is 18.4 Å². The highest BCUT2D eigenvalue weighted by molar-refractivity contribution is 6.32. The van der Waals surface area contributed by atoms with Gasteiger partial charge >= 0.3 is 0 Å². The van der Waals surface area contributed by atoms with Crippen LogP contribution >= 0.6 is 11.6 Å². The Kier molecular flexibility index (Phi) is 6.91. The average Bonchev–Trinajstić information content (AvgIpc) is 3.58. The van der Waals surface area contributed by atoms with E-state index >= 15 is 0 Å². The van der Waals surface area contributed by atoms with Crippen LogP contribution in [-0.2, 0) is 4.79 Å². The number of alkyl halides is 2. The SMILES string of the molecule is C=CC(=O)N1CC(c2nc(-c3ccc(NC(=O)c4cccc(-c5[nH]ncc5Cl)n4)c(F)c3)no2)CC(F)(F)C1. The number of benzene rings is 1. The Morgan fingerprint density at radius 2 is 2.08 bits per heavy atom. The number of nitrogens with one attached hydrogen (secondary N) is 2. The zero-order valence-electron chi connectivity index (χ0n) is 20.0. The first-order valence-electron chi connectivity index (χ1n) is 11.5. The number of piperidine rings is 1. The standard InChI is InChI=1S/C25H19ClF3N7O3/c1-2-20(37)36-11-14(9-25(28,29)12-36)24-33-22(35-39-24)13-6-7-17(16(27)8-13)32-23(38)19-5-3-4-18(31-19)21-15(26)10-30-34-21/h2-8,10,14H,1,9,11-12H2,(H,30,34)(H,32,38). The Hall–Kier alpha value is -4.52. The van der Waals surface area contributed by atoms with Gasteiger partial charge in [-0.1, -0.05) is 29.4 Å². The number of amides is 2. The third-order valence-electron chi connectivity index (χ3n) is 5.99. The maximum atomic E-state index is 14.9. The average molecular weight is 558 g/mol. The van der Waals surface area contributed by atoms with Gasteiger partial charge in [0.25, 0.3) is 11.8 Å². The zero-order valence-corrected chi connectivity index (χ0v) is 20.8. The fraction of sp³-hybridized carbons (Fsp3) is 0.200. The van der Waals surface area contributed by atoms with Gasteiger partial charge in [0.05, 0.1) is 35.1 Å². The van der Waals surface area contributed by atoms with Gasteiger partial charge in [0.1, 0.15) is 17.2 Å². The highest BCUT2D eigenvalue weighted by atomic mass is 35.5. The number of carbonyl (C=O) groups excluding carboxylic acids is 2. The number of likely N-dealkylation sites (tertiary alicyclic amines) is 1. The molecule has 3 aromatic heterocycles. The number of pyridine rings is 1. The van der Waals surface area contributed by atoms with E-state index < -0.39 is 42.4 Å². The molecular formula is C25H19ClF3N7O3. The minimum absolute atomic E-state index is 0.0118. The fourth-order valence-electron chi connectivity index (χ4n) is 4.17. The number of aromatic nitrogens is 5. The molecule has 1 aliphatic rings. The van der Waals surface area contributed by atoms with Gasteiger partial charge in [0.2, 0.25) is 17.6 Å². The lowest BCUT2D eigenvalue weighted by Gasteiger charge is -2.35. The van der Waals surface area contributed by atoms with Crippen molar-refractivity contribution in [1.29, 1.82) is 0 Å². The number of anilines is 1. The van der Waals surface area contributed by atoms with Crippen molar-refractivity contribution in [2.24, 2.45) is 0 Å². The van der Waals surface area contributed by atoms with Crippen molar-refractivity contribution in [3.05, 3.63) is 77.7 Å². The Bertz CT molecular complexity index is 1570. The van der Waals surface area contributed by atoms with E-state index in [9.17, 15) is 22.8 Å². The van der Waals surface area contributed by atoms with Crippen molar-refractivity contribution in [1.82, 2.24) is 30.2 Å². The van der Waals surface area contributed by atoms with Gasteiger partial charge in [-0.3, -0.25) is 14.7 Å². The molecule has 200 valence electrons. The van der Waals surface area contributed by atoms with E-state index in [-0.39, 0.29) is 35.2 Å². The normalized spacial score (nSPS) is 16.6. The van der Waals surface area contributed by atoms with E-state index in [2.05, 4.69) is 37.2 Å². The zero-order chi connectivity index (χ0) is 27.7. The Labute approximate surface area is 223 Å². The molecule has 39 heavy (non-hydrogen) atoms. The van der Waals surface area contributed by atoms with Crippen LogP contribution in [0, 0.1) is 5.82 Å². The molecule has 1 aliphatic heterocycles. The Morgan fingerprint density at radius 1 is 1.26 bits per heavy atom. The first-order chi connectivity index (χ1) is 18.6. The number of carbonyl (C=O) groups is 2. The van der Waals surface area contributed by atoms with E-state index in [0.29, 0.717) is 16.4 Å². The van der Waals surface area contributed by atoms with Gasteiger partial charge in [0.15, 0.2) is 0 Å². The van der Waals surface area contributed by atoms with Gasteiger partial charge in [-0.25, -0.2) is 18.2 Å². The predicted octanol–water partition coefficient (Wildman–Crippen LogP) is 4.70. The minimum Gasteiger partial charge on any atom is -0.339 e. The van der Waals surface area contributed by atoms with Crippen LogP contribution in [0.2, 0.25) is 5.02 Å². The molecule has 0 saturated carbocycles. The van der Waals surface area contributed by atoms with Crippen molar-refractivity contribution in [3.63, 3.8) is 0 Å². The molecule has 2 N–H and O–H groups in total. The summed E-state index contributed by atoms with van der Waals surface area (Å²) in [5, 5.41) is 13.1. The predicted molar refractivity (Wildman–Crippen MR) is 134 cm³/mol. The maximum Gasteiger partial charge on any atom is 0.274 e. The van der Waals surface area contributed by atoms with Gasteiger partial charge in [-0.05, 0) is 36.4 Å². The van der Waals surface area contributed by atoms with Crippen LogP contribution in [-0.4, -0.2) is 61.0 Å². The number of halogens is 4. The smallest absolute Gasteiger partial charge is 0.274 e. The molecule has 0 radical (unpaired) electrons. The molecule has 10 nitrogen and oxygen atoms in total. The van der Waals surface area contributed by atoms with Gasteiger partial charge in [-0.2, -0.15) is 10.1 Å². The molecule has 1 saturated heterocycles. The number of hydrogen-bond donors (Lipinski definition) is 2. The van der Waals surface area contributed by atoms with E-state index in [4.69, 9.17) is 16.1 Å². The first-order valence-corrected chi connectivity index (χ1v) is 11.9. The van der Waals surface area contributed by atoms with Crippen LogP contribution in [0.4, 0.5) is 18.9 Å². The van der Waals surface area contributed by atoms with E-state index in [1.807, 2.05) is 0 Å². The van der Waals surface area contributed by atoms with E-state index in [0.717, 1.165) is 17.0 Å². The highest BCUT2D eigenvalue weighted by Gasteiger charge is 2.44. The molecule has 1 atom stereocenters. The van der Waals surface area contributed by atoms with Crippen LogP contribution in [0.15, 0.2) is 59.8 Å². The molecule has 4 heterocycles. The Balaban J connectivity index is 1.31. The fourth-order valence-corrected chi connectivity index (χ4v) is 4.36. The molecule has 1 unspecified atom stereocenters. The van der Waals surface area contributed by atoms with E-state index in [1.165, 1.54) is 24.4 Å². The number of hydrogen-bond acceptors (Lipinski definition) is 7. The number of H-pyrrole nitrogens is 1. The summed E-state index contributed by atoms with van der Waals surface area (Å²) in [4.78, 5) is 34.0. The second-order valence-electron chi connectivity index (χ2n) is 8.79. The molecule has 4 aromatic rings. The van der Waals surface area contributed by atoms with Crippen LogP contribution < -0.4 is 5.32 Å². The number of nitrogens with zero attached hydrogens (tertiary/aromatic N) is 5. The molecule has 5 rings (SSSR count). The summed E-state index contributed by atoms with van der Waals surface area (Å²) >= 11 is 6.05. The summed E-state index contributed by atoms with van der Waals surface area (Å²) in [6.45, 7) is 2.55.